The summed E-state index contributed by atoms with van der Waals surface area (Å²) in [5, 5.41) is 0. The van der Waals surface area contributed by atoms with Crippen LogP contribution >= 0.6 is 39.5 Å². The second-order valence-electron chi connectivity index (χ2n) is 4.19. The fourth-order valence-electron chi connectivity index (χ4n) is 1.90. The Morgan fingerprint density at radius 3 is 3.05 bits per heavy atom. The molecule has 3 rings (SSSR count). The van der Waals surface area contributed by atoms with E-state index in [2.05, 4.69) is 38.0 Å². The standard InChI is InChI=1S/C13H12BrN3S2/c14-8-2-1-3-9(4-8)19-7-12-16-11-6-18-5-10(11)13(15)17-12/h1-4H,5-7H2,(H2,15,16,17). The number of aromatic nitrogens is 2. The van der Waals surface area contributed by atoms with Crippen LogP contribution in [0.1, 0.15) is 17.1 Å². The third-order valence-electron chi connectivity index (χ3n) is 2.82. The van der Waals surface area contributed by atoms with Crippen LogP contribution in [0.2, 0.25) is 0 Å². The zero-order valence-corrected chi connectivity index (χ0v) is 13.3. The monoisotopic (exact) mass is 353 g/mol. The van der Waals surface area contributed by atoms with Crippen molar-refractivity contribution in [2.24, 2.45) is 0 Å². The molecule has 1 aromatic carbocycles. The van der Waals surface area contributed by atoms with E-state index in [1.807, 2.05) is 23.9 Å². The molecule has 6 heteroatoms. The second kappa shape index (κ2) is 5.73. The quantitative estimate of drug-likeness (QED) is 0.849. The summed E-state index contributed by atoms with van der Waals surface area (Å²) >= 11 is 7.04. The molecule has 1 aromatic heterocycles. The number of hydrogen-bond acceptors (Lipinski definition) is 5. The lowest BCUT2D eigenvalue weighted by molar-refractivity contribution is 0.982. The number of rotatable bonds is 3. The molecule has 0 aliphatic carbocycles. The summed E-state index contributed by atoms with van der Waals surface area (Å²) in [6, 6.07) is 8.23. The van der Waals surface area contributed by atoms with Gasteiger partial charge in [-0.25, -0.2) is 9.97 Å². The summed E-state index contributed by atoms with van der Waals surface area (Å²) < 4.78 is 1.09. The molecule has 3 nitrogen and oxygen atoms in total. The number of hydrogen-bond donors (Lipinski definition) is 1. The Morgan fingerprint density at radius 2 is 2.21 bits per heavy atom. The van der Waals surface area contributed by atoms with Crippen LogP contribution in [0.25, 0.3) is 0 Å². The molecule has 0 spiro atoms. The molecule has 0 bridgehead atoms. The van der Waals surface area contributed by atoms with Crippen LogP contribution in [0.15, 0.2) is 33.6 Å². The van der Waals surface area contributed by atoms with Crippen molar-refractivity contribution in [2.75, 3.05) is 5.73 Å². The number of fused-ring (bicyclic) bond motifs is 1. The molecular formula is C13H12BrN3S2. The summed E-state index contributed by atoms with van der Waals surface area (Å²) in [4.78, 5) is 10.2. The minimum absolute atomic E-state index is 0.653. The molecule has 0 amide bonds. The first-order chi connectivity index (χ1) is 9.22. The van der Waals surface area contributed by atoms with Gasteiger partial charge in [0.2, 0.25) is 0 Å². The molecule has 2 heterocycles. The van der Waals surface area contributed by atoms with Crippen LogP contribution in [0.5, 0.6) is 0 Å². The van der Waals surface area contributed by atoms with E-state index in [1.54, 1.807) is 11.8 Å². The molecular weight excluding hydrogens is 342 g/mol. The number of nitrogens with zero attached hydrogens (tertiary/aromatic N) is 2. The SMILES string of the molecule is Nc1nc(CSc2cccc(Br)c2)nc2c1CSC2. The van der Waals surface area contributed by atoms with Crippen molar-refractivity contribution in [3.63, 3.8) is 0 Å². The van der Waals surface area contributed by atoms with Crippen LogP contribution in [0.3, 0.4) is 0 Å². The topological polar surface area (TPSA) is 51.8 Å². The molecule has 0 atom stereocenters. The third-order valence-corrected chi connectivity index (χ3v) is 5.27. The first-order valence-electron chi connectivity index (χ1n) is 5.82. The van der Waals surface area contributed by atoms with E-state index < -0.39 is 0 Å². The van der Waals surface area contributed by atoms with Crippen molar-refractivity contribution < 1.29 is 0 Å². The van der Waals surface area contributed by atoms with Gasteiger partial charge in [0.15, 0.2) is 0 Å². The molecule has 98 valence electrons. The summed E-state index contributed by atoms with van der Waals surface area (Å²) in [5.41, 5.74) is 8.22. The first kappa shape index (κ1) is 13.3. The van der Waals surface area contributed by atoms with E-state index in [0.29, 0.717) is 5.82 Å². The molecule has 2 N–H and O–H groups in total. The maximum atomic E-state index is 5.98. The lowest BCUT2D eigenvalue weighted by Gasteiger charge is -2.06. The number of halogens is 1. The summed E-state index contributed by atoms with van der Waals surface area (Å²) in [5.74, 6) is 4.12. The highest BCUT2D eigenvalue weighted by molar-refractivity contribution is 9.10. The Hall–Kier alpha value is -0.720. The lowest BCUT2D eigenvalue weighted by atomic mass is 10.2. The van der Waals surface area contributed by atoms with Crippen LogP contribution < -0.4 is 5.73 Å². The Bertz CT molecular complexity index is 619. The molecule has 0 saturated heterocycles. The van der Waals surface area contributed by atoms with Crippen LogP contribution in [0.4, 0.5) is 5.82 Å². The van der Waals surface area contributed by atoms with E-state index >= 15 is 0 Å². The lowest BCUT2D eigenvalue weighted by Crippen LogP contribution is -2.04. The van der Waals surface area contributed by atoms with Gasteiger partial charge in [0.1, 0.15) is 11.6 Å². The van der Waals surface area contributed by atoms with E-state index in [0.717, 1.165) is 38.8 Å². The van der Waals surface area contributed by atoms with Crippen molar-refractivity contribution in [3.8, 4) is 0 Å². The number of thioether (sulfide) groups is 2. The second-order valence-corrected chi connectivity index (χ2v) is 7.14. The van der Waals surface area contributed by atoms with Gasteiger partial charge in [0, 0.05) is 26.4 Å². The van der Waals surface area contributed by atoms with Crippen molar-refractivity contribution in [1.82, 2.24) is 9.97 Å². The van der Waals surface area contributed by atoms with E-state index in [9.17, 15) is 0 Å². The molecule has 0 unspecified atom stereocenters. The van der Waals surface area contributed by atoms with Gasteiger partial charge in [-0.05, 0) is 18.2 Å². The molecule has 0 saturated carbocycles. The smallest absolute Gasteiger partial charge is 0.141 e. The first-order valence-corrected chi connectivity index (χ1v) is 8.76. The predicted octanol–water partition coefficient (Wildman–Crippen LogP) is 3.86. The largest absolute Gasteiger partial charge is 0.383 e. The van der Waals surface area contributed by atoms with Crippen molar-refractivity contribution in [2.45, 2.75) is 22.2 Å². The normalized spacial score (nSPS) is 13.5. The fraction of sp³-hybridized carbons (Fsp3) is 0.231. The van der Waals surface area contributed by atoms with Crippen LogP contribution in [-0.2, 0) is 17.3 Å². The molecule has 19 heavy (non-hydrogen) atoms. The molecule has 1 aliphatic rings. The van der Waals surface area contributed by atoms with Gasteiger partial charge in [0.25, 0.3) is 0 Å². The van der Waals surface area contributed by atoms with Gasteiger partial charge in [-0.15, -0.1) is 11.8 Å². The summed E-state index contributed by atoms with van der Waals surface area (Å²) in [7, 11) is 0. The van der Waals surface area contributed by atoms with E-state index in [4.69, 9.17) is 5.73 Å². The average Bonchev–Trinajstić information content (AvgIpc) is 2.85. The van der Waals surface area contributed by atoms with Gasteiger partial charge in [-0.2, -0.15) is 11.8 Å². The van der Waals surface area contributed by atoms with Gasteiger partial charge in [-0.1, -0.05) is 22.0 Å². The maximum absolute atomic E-state index is 5.98. The Kier molecular flexibility index (Phi) is 4.00. The number of benzene rings is 1. The third kappa shape index (κ3) is 3.07. The van der Waals surface area contributed by atoms with E-state index in [1.165, 1.54) is 4.90 Å². The number of anilines is 1. The van der Waals surface area contributed by atoms with Crippen LogP contribution in [-0.4, -0.2) is 9.97 Å². The molecule has 2 aromatic rings. The molecule has 1 aliphatic heterocycles. The Morgan fingerprint density at radius 1 is 1.32 bits per heavy atom. The highest BCUT2D eigenvalue weighted by atomic mass is 79.9. The minimum Gasteiger partial charge on any atom is -0.383 e. The zero-order valence-electron chi connectivity index (χ0n) is 10.1. The van der Waals surface area contributed by atoms with Crippen LogP contribution in [0, 0.1) is 0 Å². The zero-order chi connectivity index (χ0) is 13.2. The number of nitrogens with two attached hydrogens (primary N) is 1. The predicted molar refractivity (Wildman–Crippen MR) is 85.1 cm³/mol. The van der Waals surface area contributed by atoms with Gasteiger partial charge in [0.05, 0.1) is 11.4 Å². The van der Waals surface area contributed by atoms with E-state index in [-0.39, 0.29) is 0 Å². The van der Waals surface area contributed by atoms with Gasteiger partial charge >= 0.3 is 0 Å². The minimum atomic E-state index is 0.653. The summed E-state index contributed by atoms with van der Waals surface area (Å²) in [6.07, 6.45) is 0. The summed E-state index contributed by atoms with van der Waals surface area (Å²) in [6.45, 7) is 0. The highest BCUT2D eigenvalue weighted by Gasteiger charge is 2.18. The Labute approximate surface area is 128 Å². The van der Waals surface area contributed by atoms with Gasteiger partial charge < -0.3 is 5.73 Å². The van der Waals surface area contributed by atoms with Crippen molar-refractivity contribution >= 4 is 45.3 Å². The molecule has 0 fully saturated rings. The Balaban J connectivity index is 1.76. The van der Waals surface area contributed by atoms with Gasteiger partial charge in [-0.3, -0.25) is 0 Å². The number of nitrogen functional groups attached to an aromatic ring is 1. The maximum Gasteiger partial charge on any atom is 0.141 e. The highest BCUT2D eigenvalue weighted by Crippen LogP contribution is 2.32. The average molecular weight is 354 g/mol. The molecule has 0 radical (unpaired) electrons. The van der Waals surface area contributed by atoms with Crippen molar-refractivity contribution in [3.05, 3.63) is 45.8 Å². The fourth-order valence-corrected chi connectivity index (χ4v) is 4.31. The van der Waals surface area contributed by atoms with Crippen molar-refractivity contribution in [1.29, 1.82) is 0 Å².